The Hall–Kier alpha value is -2.45. The molecule has 0 atom stereocenters. The fraction of sp³-hybridized carbons (Fsp3) is 0.591. The number of nitrogens with zero attached hydrogens (tertiary/aromatic N) is 4. The highest BCUT2D eigenvalue weighted by Crippen LogP contribution is 2.33. The Balaban J connectivity index is 1.56. The van der Waals surface area contributed by atoms with E-state index in [0.29, 0.717) is 23.8 Å². The minimum atomic E-state index is -0.166. The Morgan fingerprint density at radius 1 is 1.10 bits per heavy atom. The van der Waals surface area contributed by atoms with E-state index in [1.807, 2.05) is 18.3 Å². The van der Waals surface area contributed by atoms with E-state index in [2.05, 4.69) is 32.5 Å². The van der Waals surface area contributed by atoms with Gasteiger partial charge >= 0.3 is 0 Å². The molecule has 8 nitrogen and oxygen atoms in total. The number of aliphatic hydroxyl groups excluding tert-OH is 1. The van der Waals surface area contributed by atoms with Crippen molar-refractivity contribution in [3.8, 4) is 5.88 Å². The van der Waals surface area contributed by atoms with Crippen molar-refractivity contribution in [3.05, 3.63) is 30.1 Å². The predicted octanol–water partition coefficient (Wildman–Crippen LogP) is 3.15. The van der Waals surface area contributed by atoms with E-state index in [0.717, 1.165) is 63.1 Å². The third-order valence-corrected chi connectivity index (χ3v) is 6.21. The summed E-state index contributed by atoms with van der Waals surface area (Å²) in [6.07, 6.45) is 9.34. The monoisotopic (exact) mass is 412 g/mol. The van der Waals surface area contributed by atoms with Crippen LogP contribution >= 0.6 is 0 Å². The van der Waals surface area contributed by atoms with Crippen LogP contribution in [0.5, 0.6) is 5.88 Å². The largest absolute Gasteiger partial charge is 0.481 e. The number of rotatable bonds is 6. The minimum Gasteiger partial charge on any atom is -0.481 e. The van der Waals surface area contributed by atoms with Gasteiger partial charge in [-0.3, -0.25) is 0 Å². The molecule has 0 amide bonds. The van der Waals surface area contributed by atoms with Gasteiger partial charge in [-0.2, -0.15) is 4.98 Å². The molecule has 3 N–H and O–H groups in total. The number of aromatic nitrogens is 3. The first-order valence-electron chi connectivity index (χ1n) is 10.9. The second kappa shape index (κ2) is 9.57. The van der Waals surface area contributed by atoms with Gasteiger partial charge in [0, 0.05) is 35.8 Å². The number of piperidine rings is 1. The maximum absolute atomic E-state index is 9.84. The molecular formula is C22H32N6O2. The Labute approximate surface area is 178 Å². The van der Waals surface area contributed by atoms with Gasteiger partial charge in [-0.25, -0.2) is 9.97 Å². The van der Waals surface area contributed by atoms with Crippen molar-refractivity contribution in [1.29, 1.82) is 0 Å². The first-order chi connectivity index (χ1) is 14.6. The van der Waals surface area contributed by atoms with Gasteiger partial charge in [-0.1, -0.05) is 0 Å². The average Bonchev–Trinajstić information content (AvgIpc) is 2.76. The maximum Gasteiger partial charge on any atom is 0.229 e. The number of methoxy groups -OCH3 is 1. The summed E-state index contributed by atoms with van der Waals surface area (Å²) in [4.78, 5) is 16.0. The van der Waals surface area contributed by atoms with Gasteiger partial charge in [0.05, 0.1) is 13.2 Å². The number of anilines is 3. The average molecular weight is 413 g/mol. The van der Waals surface area contributed by atoms with Crippen molar-refractivity contribution in [3.63, 3.8) is 0 Å². The van der Waals surface area contributed by atoms with Gasteiger partial charge in [-0.15, -0.1) is 0 Å². The summed E-state index contributed by atoms with van der Waals surface area (Å²) < 4.78 is 5.20. The van der Waals surface area contributed by atoms with Crippen molar-refractivity contribution >= 4 is 17.5 Å². The number of ether oxygens (including phenoxy) is 1. The standard InChI is InChI=1S/C22H32N6O2/c1-28-11-8-15(9-12-28)19-14-24-22(26-17-7-10-23-20(13-17)30-2)27-21(19)25-16-3-5-18(29)6-4-16/h7,10,13-16,18,29H,3-6,8-9,11-12H2,1-2H3,(H2,23,24,25,26,27)/t16-,18-. The molecule has 1 aliphatic carbocycles. The molecule has 4 rings (SSSR count). The molecule has 162 valence electrons. The molecule has 0 radical (unpaired) electrons. The lowest BCUT2D eigenvalue weighted by Gasteiger charge is -2.32. The minimum absolute atomic E-state index is 0.166. The molecule has 2 aromatic rings. The van der Waals surface area contributed by atoms with Crippen LogP contribution in [0.15, 0.2) is 24.5 Å². The second-order valence-electron chi connectivity index (χ2n) is 8.44. The van der Waals surface area contributed by atoms with E-state index in [1.54, 1.807) is 13.3 Å². The summed E-state index contributed by atoms with van der Waals surface area (Å²) in [5, 5.41) is 16.8. The van der Waals surface area contributed by atoms with Crippen LogP contribution in [0.25, 0.3) is 0 Å². The molecule has 1 saturated carbocycles. The summed E-state index contributed by atoms with van der Waals surface area (Å²) in [6, 6.07) is 4.03. The molecule has 1 saturated heterocycles. The molecule has 3 heterocycles. The first-order valence-corrected chi connectivity index (χ1v) is 10.9. The molecule has 2 aromatic heterocycles. The van der Waals surface area contributed by atoms with E-state index in [4.69, 9.17) is 9.72 Å². The van der Waals surface area contributed by atoms with Gasteiger partial charge in [0.1, 0.15) is 5.82 Å². The molecule has 0 bridgehead atoms. The van der Waals surface area contributed by atoms with Crippen LogP contribution < -0.4 is 15.4 Å². The van der Waals surface area contributed by atoms with Crippen molar-refractivity contribution < 1.29 is 9.84 Å². The van der Waals surface area contributed by atoms with E-state index in [1.165, 1.54) is 5.56 Å². The van der Waals surface area contributed by atoms with Crippen LogP contribution in [0.4, 0.5) is 17.5 Å². The van der Waals surface area contributed by atoms with Crippen LogP contribution in [0.3, 0.4) is 0 Å². The van der Waals surface area contributed by atoms with E-state index < -0.39 is 0 Å². The van der Waals surface area contributed by atoms with Gasteiger partial charge in [0.15, 0.2) is 0 Å². The molecule has 0 aromatic carbocycles. The molecule has 2 aliphatic rings. The normalized spacial score (nSPS) is 23.2. The molecule has 30 heavy (non-hydrogen) atoms. The molecule has 0 unspecified atom stereocenters. The number of aliphatic hydroxyl groups is 1. The zero-order chi connectivity index (χ0) is 20.9. The first kappa shape index (κ1) is 20.8. The molecular weight excluding hydrogens is 380 g/mol. The van der Waals surface area contributed by atoms with Crippen LogP contribution in [0.1, 0.15) is 50.0 Å². The number of pyridine rings is 1. The van der Waals surface area contributed by atoms with Gasteiger partial charge in [0.25, 0.3) is 0 Å². The zero-order valence-corrected chi connectivity index (χ0v) is 17.8. The summed E-state index contributed by atoms with van der Waals surface area (Å²) in [5.74, 6) is 2.48. The van der Waals surface area contributed by atoms with E-state index in [-0.39, 0.29) is 6.10 Å². The van der Waals surface area contributed by atoms with Crippen molar-refractivity contribution in [1.82, 2.24) is 19.9 Å². The summed E-state index contributed by atoms with van der Waals surface area (Å²) in [5.41, 5.74) is 2.03. The Morgan fingerprint density at radius 2 is 1.87 bits per heavy atom. The molecule has 8 heteroatoms. The van der Waals surface area contributed by atoms with Crippen molar-refractivity contribution in [2.45, 2.75) is 56.6 Å². The molecule has 2 fully saturated rings. The topological polar surface area (TPSA) is 95.4 Å². The third kappa shape index (κ3) is 5.17. The summed E-state index contributed by atoms with van der Waals surface area (Å²) in [6.45, 7) is 2.19. The Kier molecular flexibility index (Phi) is 6.64. The highest BCUT2D eigenvalue weighted by atomic mass is 16.5. The maximum atomic E-state index is 9.84. The van der Waals surface area contributed by atoms with Crippen molar-refractivity contribution in [2.75, 3.05) is 37.9 Å². The fourth-order valence-corrected chi connectivity index (χ4v) is 4.33. The smallest absolute Gasteiger partial charge is 0.229 e. The SMILES string of the molecule is COc1cc(Nc2ncc(C3CCN(C)CC3)c(N[C@H]3CC[C@H](O)CC3)n2)ccn1. The van der Waals surface area contributed by atoms with Crippen molar-refractivity contribution in [2.24, 2.45) is 0 Å². The zero-order valence-electron chi connectivity index (χ0n) is 17.8. The lowest BCUT2D eigenvalue weighted by atomic mass is 9.89. The summed E-state index contributed by atoms with van der Waals surface area (Å²) in [7, 11) is 3.78. The number of nitrogens with one attached hydrogen (secondary N) is 2. The molecule has 1 aliphatic heterocycles. The van der Waals surface area contributed by atoms with Crippen LogP contribution in [-0.2, 0) is 0 Å². The van der Waals surface area contributed by atoms with Gasteiger partial charge in [-0.05, 0) is 70.6 Å². The number of hydrogen-bond acceptors (Lipinski definition) is 8. The van der Waals surface area contributed by atoms with E-state index >= 15 is 0 Å². The lowest BCUT2D eigenvalue weighted by Crippen LogP contribution is -2.31. The van der Waals surface area contributed by atoms with Gasteiger partial charge in [0.2, 0.25) is 11.8 Å². The van der Waals surface area contributed by atoms with Crippen LogP contribution in [0, 0.1) is 0 Å². The molecule has 0 spiro atoms. The summed E-state index contributed by atoms with van der Waals surface area (Å²) >= 11 is 0. The third-order valence-electron chi connectivity index (χ3n) is 6.21. The van der Waals surface area contributed by atoms with E-state index in [9.17, 15) is 5.11 Å². The van der Waals surface area contributed by atoms with Crippen LogP contribution in [0.2, 0.25) is 0 Å². The Bertz CT molecular complexity index is 832. The fourth-order valence-electron chi connectivity index (χ4n) is 4.33. The second-order valence-corrected chi connectivity index (χ2v) is 8.44. The Morgan fingerprint density at radius 3 is 2.60 bits per heavy atom. The lowest BCUT2D eigenvalue weighted by molar-refractivity contribution is 0.126. The highest BCUT2D eigenvalue weighted by molar-refractivity contribution is 5.57. The number of hydrogen-bond donors (Lipinski definition) is 3. The van der Waals surface area contributed by atoms with Gasteiger partial charge < -0.3 is 25.4 Å². The number of likely N-dealkylation sites (tertiary alicyclic amines) is 1. The highest BCUT2D eigenvalue weighted by Gasteiger charge is 2.25. The quantitative estimate of drug-likeness (QED) is 0.666. The van der Waals surface area contributed by atoms with Crippen LogP contribution in [-0.4, -0.2) is 64.4 Å². The predicted molar refractivity (Wildman–Crippen MR) is 117 cm³/mol.